The summed E-state index contributed by atoms with van der Waals surface area (Å²) in [7, 11) is 0. The molecule has 0 saturated heterocycles. The SMILES string of the molecule is c1ccc(CCN(c2ccc3ccc4cccnc4c3n2)c2ccc3ccc4cccnc4c3n2)nc1. The van der Waals surface area contributed by atoms with Gasteiger partial charge in [-0.1, -0.05) is 42.5 Å². The van der Waals surface area contributed by atoms with E-state index in [-0.39, 0.29) is 0 Å². The highest BCUT2D eigenvalue weighted by molar-refractivity contribution is 6.04. The first-order valence-electron chi connectivity index (χ1n) is 12.3. The van der Waals surface area contributed by atoms with Crippen molar-refractivity contribution in [3.8, 4) is 0 Å². The van der Waals surface area contributed by atoms with Crippen LogP contribution in [0.2, 0.25) is 0 Å². The van der Waals surface area contributed by atoms with Gasteiger partial charge >= 0.3 is 0 Å². The van der Waals surface area contributed by atoms with Crippen LogP contribution < -0.4 is 4.90 Å². The summed E-state index contributed by atoms with van der Waals surface area (Å²) in [5.74, 6) is 1.64. The summed E-state index contributed by atoms with van der Waals surface area (Å²) in [6.45, 7) is 0.671. The van der Waals surface area contributed by atoms with Crippen LogP contribution in [0, 0.1) is 0 Å². The summed E-state index contributed by atoms with van der Waals surface area (Å²) in [4.78, 5) is 26.2. The maximum absolute atomic E-state index is 5.12. The van der Waals surface area contributed by atoms with Crippen LogP contribution in [0.3, 0.4) is 0 Å². The monoisotopic (exact) mass is 478 g/mol. The van der Waals surface area contributed by atoms with E-state index in [1.807, 2.05) is 42.9 Å². The van der Waals surface area contributed by atoms with Crippen LogP contribution in [0.4, 0.5) is 11.6 Å². The Morgan fingerprint density at radius 3 is 1.51 bits per heavy atom. The molecule has 0 amide bonds. The molecule has 0 radical (unpaired) electrons. The van der Waals surface area contributed by atoms with Crippen molar-refractivity contribution in [1.82, 2.24) is 24.9 Å². The zero-order valence-electron chi connectivity index (χ0n) is 20.0. The zero-order chi connectivity index (χ0) is 24.6. The van der Waals surface area contributed by atoms with Crippen molar-refractivity contribution in [2.75, 3.05) is 11.4 Å². The molecule has 7 aromatic rings. The lowest BCUT2D eigenvalue weighted by Crippen LogP contribution is -2.22. The number of hydrogen-bond donors (Lipinski definition) is 0. The molecule has 0 N–H and O–H groups in total. The van der Waals surface area contributed by atoms with E-state index in [1.165, 1.54) is 0 Å². The normalized spacial score (nSPS) is 11.5. The van der Waals surface area contributed by atoms with Crippen molar-refractivity contribution in [3.05, 3.63) is 115 Å². The van der Waals surface area contributed by atoms with E-state index < -0.39 is 0 Å². The van der Waals surface area contributed by atoms with E-state index >= 15 is 0 Å². The van der Waals surface area contributed by atoms with Gasteiger partial charge in [-0.05, 0) is 48.5 Å². The third-order valence-corrected chi connectivity index (χ3v) is 6.71. The molecule has 6 heteroatoms. The average Bonchev–Trinajstić information content (AvgIpc) is 2.97. The highest BCUT2D eigenvalue weighted by Crippen LogP contribution is 2.30. The molecule has 0 atom stereocenters. The average molecular weight is 479 g/mol. The van der Waals surface area contributed by atoms with Crippen LogP contribution in [0.25, 0.3) is 43.6 Å². The van der Waals surface area contributed by atoms with E-state index in [2.05, 4.69) is 86.6 Å². The summed E-state index contributed by atoms with van der Waals surface area (Å²) in [5.41, 5.74) is 4.58. The third kappa shape index (κ3) is 3.89. The molecule has 2 aromatic carbocycles. The second-order valence-electron chi connectivity index (χ2n) is 8.99. The third-order valence-electron chi connectivity index (χ3n) is 6.71. The Bertz CT molecular complexity index is 1780. The fourth-order valence-corrected chi connectivity index (χ4v) is 4.85. The molecule has 0 saturated carbocycles. The minimum atomic E-state index is 0.671. The first kappa shape index (κ1) is 21.3. The number of aromatic nitrogens is 5. The van der Waals surface area contributed by atoms with Crippen molar-refractivity contribution >= 4 is 55.2 Å². The van der Waals surface area contributed by atoms with Crippen molar-refractivity contribution in [2.24, 2.45) is 0 Å². The lowest BCUT2D eigenvalue weighted by molar-refractivity contribution is 0.863. The zero-order valence-corrected chi connectivity index (χ0v) is 20.0. The van der Waals surface area contributed by atoms with Gasteiger partial charge in [0.05, 0.1) is 22.1 Å². The minimum absolute atomic E-state index is 0.671. The number of rotatable bonds is 5. The Morgan fingerprint density at radius 1 is 0.459 bits per heavy atom. The first-order valence-corrected chi connectivity index (χ1v) is 12.3. The Balaban J connectivity index is 1.40. The largest absolute Gasteiger partial charge is 0.311 e. The second kappa shape index (κ2) is 8.91. The quantitative estimate of drug-likeness (QED) is 0.258. The van der Waals surface area contributed by atoms with Gasteiger partial charge in [0, 0.05) is 58.8 Å². The minimum Gasteiger partial charge on any atom is -0.311 e. The fraction of sp³-hybridized carbons (Fsp3) is 0.0645. The molecule has 5 heterocycles. The topological polar surface area (TPSA) is 67.7 Å². The molecule has 7 rings (SSSR count). The van der Waals surface area contributed by atoms with Crippen LogP contribution in [0.15, 0.2) is 110 Å². The predicted octanol–water partition coefficient (Wildman–Crippen LogP) is 6.66. The molecule has 176 valence electrons. The van der Waals surface area contributed by atoms with Gasteiger partial charge in [0.25, 0.3) is 0 Å². The number of benzene rings is 2. The van der Waals surface area contributed by atoms with Crippen LogP contribution in [0.5, 0.6) is 0 Å². The molecule has 0 fully saturated rings. The van der Waals surface area contributed by atoms with E-state index in [0.29, 0.717) is 6.54 Å². The Hall–Kier alpha value is -4.97. The smallest absolute Gasteiger partial charge is 0.134 e. The van der Waals surface area contributed by atoms with Crippen LogP contribution >= 0.6 is 0 Å². The molecular weight excluding hydrogens is 456 g/mol. The fourth-order valence-electron chi connectivity index (χ4n) is 4.85. The standard InChI is InChI=1S/C31H22N6/c1-2-17-32-25(7-1)16-20-37(26-14-12-23-10-8-21-5-3-18-33-28(21)30(23)35-26)27-15-13-24-11-9-22-6-4-19-34-29(22)31(24)36-27/h1-15,17-19H,16,20H2. The van der Waals surface area contributed by atoms with E-state index in [9.17, 15) is 0 Å². The maximum atomic E-state index is 5.12. The molecule has 6 nitrogen and oxygen atoms in total. The van der Waals surface area contributed by atoms with Gasteiger partial charge in [0.2, 0.25) is 0 Å². The Morgan fingerprint density at radius 2 is 0.973 bits per heavy atom. The summed E-state index contributed by atoms with van der Waals surface area (Å²) in [6, 6.07) is 30.8. The molecular formula is C31H22N6. The molecule has 5 aromatic heterocycles. The summed E-state index contributed by atoms with van der Waals surface area (Å²) < 4.78 is 0. The maximum Gasteiger partial charge on any atom is 0.134 e. The van der Waals surface area contributed by atoms with Gasteiger partial charge in [-0.15, -0.1) is 0 Å². The molecule has 0 aliphatic rings. The highest BCUT2D eigenvalue weighted by Gasteiger charge is 2.16. The van der Waals surface area contributed by atoms with Gasteiger partial charge < -0.3 is 4.90 Å². The number of pyridine rings is 5. The molecule has 0 aliphatic carbocycles. The summed E-state index contributed by atoms with van der Waals surface area (Å²) in [6.07, 6.45) is 6.22. The predicted molar refractivity (Wildman–Crippen MR) is 149 cm³/mol. The van der Waals surface area contributed by atoms with E-state index in [1.54, 1.807) is 0 Å². The van der Waals surface area contributed by atoms with Gasteiger partial charge in [-0.25, -0.2) is 9.97 Å². The van der Waals surface area contributed by atoms with Crippen molar-refractivity contribution in [3.63, 3.8) is 0 Å². The summed E-state index contributed by atoms with van der Waals surface area (Å²) >= 11 is 0. The molecule has 0 spiro atoms. The van der Waals surface area contributed by atoms with Gasteiger partial charge in [0.1, 0.15) is 11.6 Å². The van der Waals surface area contributed by atoms with Crippen LogP contribution in [-0.4, -0.2) is 31.5 Å². The molecule has 0 bridgehead atoms. The molecule has 0 unspecified atom stereocenters. The van der Waals surface area contributed by atoms with Gasteiger partial charge in [-0.2, -0.15) is 0 Å². The van der Waals surface area contributed by atoms with Gasteiger partial charge in [-0.3, -0.25) is 15.0 Å². The Labute approximate surface area is 213 Å². The Kier molecular flexibility index (Phi) is 5.14. The lowest BCUT2D eigenvalue weighted by atomic mass is 10.1. The van der Waals surface area contributed by atoms with Gasteiger partial charge in [0.15, 0.2) is 0 Å². The number of hydrogen-bond acceptors (Lipinski definition) is 6. The van der Waals surface area contributed by atoms with Crippen molar-refractivity contribution < 1.29 is 0 Å². The summed E-state index contributed by atoms with van der Waals surface area (Å²) in [5, 5.41) is 4.25. The number of fused-ring (bicyclic) bond motifs is 6. The van der Waals surface area contributed by atoms with Crippen molar-refractivity contribution in [1.29, 1.82) is 0 Å². The molecule has 0 aliphatic heterocycles. The number of anilines is 2. The molecule has 37 heavy (non-hydrogen) atoms. The number of nitrogens with zero attached hydrogens (tertiary/aromatic N) is 6. The second-order valence-corrected chi connectivity index (χ2v) is 8.99. The van der Waals surface area contributed by atoms with Crippen LogP contribution in [0.1, 0.15) is 5.69 Å². The van der Waals surface area contributed by atoms with E-state index in [4.69, 9.17) is 9.97 Å². The first-order chi connectivity index (χ1) is 18.3. The van der Waals surface area contributed by atoms with E-state index in [0.717, 1.165) is 67.4 Å². The highest BCUT2D eigenvalue weighted by atomic mass is 15.2. The van der Waals surface area contributed by atoms with Crippen molar-refractivity contribution in [2.45, 2.75) is 6.42 Å². The lowest BCUT2D eigenvalue weighted by Gasteiger charge is -2.24. The van der Waals surface area contributed by atoms with Crippen LogP contribution in [-0.2, 0) is 6.42 Å².